The first-order chi connectivity index (χ1) is 10.3. The Morgan fingerprint density at radius 1 is 1.33 bits per heavy atom. The Hall–Kier alpha value is -0.550. The van der Waals surface area contributed by atoms with Crippen molar-refractivity contribution in [3.8, 4) is 0 Å². The minimum absolute atomic E-state index is 0.435. The van der Waals surface area contributed by atoms with Gasteiger partial charge in [-0.2, -0.15) is 0 Å². The van der Waals surface area contributed by atoms with Gasteiger partial charge in [0.1, 0.15) is 0 Å². The highest BCUT2D eigenvalue weighted by Crippen LogP contribution is 2.22. The Morgan fingerprint density at radius 3 is 2.90 bits per heavy atom. The molecule has 4 heteroatoms. The van der Waals surface area contributed by atoms with E-state index < -0.39 is 0 Å². The van der Waals surface area contributed by atoms with Crippen LogP contribution in [-0.2, 0) is 4.74 Å². The van der Waals surface area contributed by atoms with Gasteiger partial charge < -0.3 is 10.1 Å². The molecule has 1 aromatic carbocycles. The molecule has 1 aliphatic rings. The van der Waals surface area contributed by atoms with Gasteiger partial charge in [-0.15, -0.1) is 11.8 Å². The predicted octanol–water partition coefficient (Wildman–Crippen LogP) is 3.17. The van der Waals surface area contributed by atoms with Gasteiger partial charge in [0.25, 0.3) is 0 Å². The summed E-state index contributed by atoms with van der Waals surface area (Å²) in [6, 6.07) is 9.39. The lowest BCUT2D eigenvalue weighted by molar-refractivity contribution is 0.0410. The van der Waals surface area contributed by atoms with Crippen molar-refractivity contribution in [2.24, 2.45) is 0 Å². The predicted molar refractivity (Wildman–Crippen MR) is 91.1 cm³/mol. The zero-order chi connectivity index (χ0) is 14.9. The van der Waals surface area contributed by atoms with Gasteiger partial charge in [-0.05, 0) is 37.6 Å². The summed E-state index contributed by atoms with van der Waals surface area (Å²) >= 11 is 1.96. The lowest BCUT2D eigenvalue weighted by Crippen LogP contribution is -2.37. The Morgan fingerprint density at radius 2 is 2.14 bits per heavy atom. The second-order valence-corrected chi connectivity index (χ2v) is 6.72. The van der Waals surface area contributed by atoms with Gasteiger partial charge in [-0.1, -0.05) is 19.1 Å². The van der Waals surface area contributed by atoms with Crippen molar-refractivity contribution in [3.63, 3.8) is 0 Å². The normalized spacial score (nSPS) is 17.8. The van der Waals surface area contributed by atoms with E-state index >= 15 is 0 Å². The van der Waals surface area contributed by atoms with Crippen LogP contribution in [0.25, 0.3) is 0 Å². The summed E-state index contributed by atoms with van der Waals surface area (Å²) < 4.78 is 5.38. The molecule has 1 aromatic rings. The second-order valence-electron chi connectivity index (χ2n) is 5.55. The number of hydrogen-bond donors (Lipinski definition) is 1. The molecule has 2 rings (SSSR count). The van der Waals surface area contributed by atoms with Crippen molar-refractivity contribution in [1.82, 2.24) is 10.2 Å². The van der Waals surface area contributed by atoms with Crippen molar-refractivity contribution in [2.45, 2.75) is 31.2 Å². The van der Waals surface area contributed by atoms with Crippen LogP contribution in [0.1, 0.15) is 31.9 Å². The first-order valence-electron chi connectivity index (χ1n) is 8.06. The van der Waals surface area contributed by atoms with Gasteiger partial charge in [0.2, 0.25) is 0 Å². The van der Waals surface area contributed by atoms with Gasteiger partial charge in [-0.3, -0.25) is 4.90 Å². The fourth-order valence-electron chi connectivity index (χ4n) is 2.47. The Labute approximate surface area is 133 Å². The number of nitrogens with one attached hydrogen (secondary N) is 1. The number of rotatable bonds is 8. The van der Waals surface area contributed by atoms with E-state index in [2.05, 4.69) is 48.3 Å². The van der Waals surface area contributed by atoms with Crippen molar-refractivity contribution >= 4 is 11.8 Å². The van der Waals surface area contributed by atoms with Gasteiger partial charge in [0, 0.05) is 36.3 Å². The monoisotopic (exact) mass is 308 g/mol. The molecule has 118 valence electrons. The summed E-state index contributed by atoms with van der Waals surface area (Å²) in [6.45, 7) is 10.6. The third-order valence-corrected chi connectivity index (χ3v) is 4.81. The van der Waals surface area contributed by atoms with Crippen molar-refractivity contribution in [3.05, 3.63) is 29.8 Å². The van der Waals surface area contributed by atoms with E-state index in [-0.39, 0.29) is 0 Å². The zero-order valence-corrected chi connectivity index (χ0v) is 14.1. The van der Waals surface area contributed by atoms with Gasteiger partial charge in [0.15, 0.2) is 0 Å². The first kappa shape index (κ1) is 16.8. The lowest BCUT2D eigenvalue weighted by Gasteiger charge is -2.26. The number of thioether (sulfide) groups is 1. The largest absolute Gasteiger partial charge is 0.379 e. The van der Waals surface area contributed by atoms with Gasteiger partial charge in [0.05, 0.1) is 13.2 Å². The van der Waals surface area contributed by atoms with E-state index in [9.17, 15) is 0 Å². The standard InChI is InChI=1S/C17H28N2OS/c1-3-7-18-15(2)16-5-4-6-17(14-16)21-13-10-19-8-11-20-12-9-19/h4-6,14-15,18H,3,7-13H2,1-2H3. The smallest absolute Gasteiger partial charge is 0.0594 e. The minimum Gasteiger partial charge on any atom is -0.379 e. The minimum atomic E-state index is 0.435. The highest BCUT2D eigenvalue weighted by Gasteiger charge is 2.10. The van der Waals surface area contributed by atoms with Crippen LogP contribution in [0, 0.1) is 0 Å². The molecule has 0 spiro atoms. The highest BCUT2D eigenvalue weighted by atomic mass is 32.2. The van der Waals surface area contributed by atoms with Crippen LogP contribution in [0.5, 0.6) is 0 Å². The SMILES string of the molecule is CCCNC(C)c1cccc(SCCN2CCOCC2)c1. The third-order valence-electron chi connectivity index (χ3n) is 3.84. The van der Waals surface area contributed by atoms with Crippen LogP contribution in [-0.4, -0.2) is 50.0 Å². The van der Waals surface area contributed by atoms with E-state index in [1.54, 1.807) is 0 Å². The fraction of sp³-hybridized carbons (Fsp3) is 0.647. The summed E-state index contributed by atoms with van der Waals surface area (Å²) in [5.41, 5.74) is 1.39. The summed E-state index contributed by atoms with van der Waals surface area (Å²) in [5.74, 6) is 1.15. The molecule has 1 aliphatic heterocycles. The average molecular weight is 308 g/mol. The molecular weight excluding hydrogens is 280 g/mol. The average Bonchev–Trinajstić information content (AvgIpc) is 2.54. The number of ether oxygens (including phenoxy) is 1. The molecule has 0 aliphatic carbocycles. The molecule has 1 N–H and O–H groups in total. The number of morpholine rings is 1. The molecule has 0 amide bonds. The molecule has 0 bridgehead atoms. The second kappa shape index (κ2) is 9.46. The summed E-state index contributed by atoms with van der Waals surface area (Å²) in [4.78, 5) is 3.87. The Bertz CT molecular complexity index is 408. The van der Waals surface area contributed by atoms with Crippen LogP contribution >= 0.6 is 11.8 Å². The maximum Gasteiger partial charge on any atom is 0.0594 e. The summed E-state index contributed by atoms with van der Waals surface area (Å²) in [7, 11) is 0. The molecule has 1 atom stereocenters. The van der Waals surface area contributed by atoms with Crippen LogP contribution < -0.4 is 5.32 Å². The van der Waals surface area contributed by atoms with E-state index in [1.807, 2.05) is 11.8 Å². The molecule has 1 unspecified atom stereocenters. The maximum atomic E-state index is 5.38. The molecule has 1 fully saturated rings. The van der Waals surface area contributed by atoms with Crippen molar-refractivity contribution in [2.75, 3.05) is 45.1 Å². The molecule has 1 saturated heterocycles. The third kappa shape index (κ3) is 5.99. The van der Waals surface area contributed by atoms with Crippen molar-refractivity contribution < 1.29 is 4.74 Å². The molecule has 21 heavy (non-hydrogen) atoms. The molecule has 3 nitrogen and oxygen atoms in total. The van der Waals surface area contributed by atoms with Crippen LogP contribution in [0.3, 0.4) is 0 Å². The molecule has 0 saturated carbocycles. The lowest BCUT2D eigenvalue weighted by atomic mass is 10.1. The van der Waals surface area contributed by atoms with Crippen molar-refractivity contribution in [1.29, 1.82) is 0 Å². The van der Waals surface area contributed by atoms with Gasteiger partial charge in [-0.25, -0.2) is 0 Å². The van der Waals surface area contributed by atoms with Gasteiger partial charge >= 0.3 is 0 Å². The zero-order valence-electron chi connectivity index (χ0n) is 13.3. The maximum absolute atomic E-state index is 5.38. The fourth-order valence-corrected chi connectivity index (χ4v) is 3.45. The molecule has 0 radical (unpaired) electrons. The summed E-state index contributed by atoms with van der Waals surface area (Å²) in [5, 5.41) is 3.55. The van der Waals surface area contributed by atoms with Crippen LogP contribution in [0.4, 0.5) is 0 Å². The van der Waals surface area contributed by atoms with Crippen LogP contribution in [0.15, 0.2) is 29.2 Å². The number of hydrogen-bond acceptors (Lipinski definition) is 4. The Kier molecular flexibility index (Phi) is 7.58. The topological polar surface area (TPSA) is 24.5 Å². The molecule has 0 aromatic heterocycles. The van der Waals surface area contributed by atoms with E-state index in [4.69, 9.17) is 4.74 Å². The first-order valence-corrected chi connectivity index (χ1v) is 9.04. The van der Waals surface area contributed by atoms with E-state index in [0.29, 0.717) is 6.04 Å². The number of nitrogens with zero attached hydrogens (tertiary/aromatic N) is 1. The summed E-state index contributed by atoms with van der Waals surface area (Å²) in [6.07, 6.45) is 1.18. The number of benzene rings is 1. The Balaban J connectivity index is 1.77. The van der Waals surface area contributed by atoms with Crippen LogP contribution in [0.2, 0.25) is 0 Å². The molecular formula is C17H28N2OS. The quantitative estimate of drug-likeness (QED) is 0.746. The molecule has 1 heterocycles. The highest BCUT2D eigenvalue weighted by molar-refractivity contribution is 7.99. The van der Waals surface area contributed by atoms with E-state index in [0.717, 1.165) is 45.1 Å². The van der Waals surface area contributed by atoms with E-state index in [1.165, 1.54) is 16.9 Å².